The average molecular weight is 355 g/mol. The predicted molar refractivity (Wildman–Crippen MR) is 95.3 cm³/mol. The predicted octanol–water partition coefficient (Wildman–Crippen LogP) is 2.50. The summed E-state index contributed by atoms with van der Waals surface area (Å²) in [5.74, 6) is 2.32. The Labute approximate surface area is 151 Å². The van der Waals surface area contributed by atoms with Crippen LogP contribution >= 0.6 is 0 Å². The van der Waals surface area contributed by atoms with E-state index in [4.69, 9.17) is 14.2 Å². The van der Waals surface area contributed by atoms with Crippen LogP contribution < -0.4 is 19.1 Å². The van der Waals surface area contributed by atoms with Crippen molar-refractivity contribution in [2.45, 2.75) is 24.9 Å². The van der Waals surface area contributed by atoms with E-state index in [1.54, 1.807) is 44.8 Å². The standard InChI is InChI=1S/C19H21N3O4/c1-24-15-5-4-13-14(23)12-19(26-16(13)17(15)25-2)6-10-22(11-7-19)18-20-8-3-9-21-18/h3-5,8-9H,6-7,10-12H2,1-2H3. The van der Waals surface area contributed by atoms with Gasteiger partial charge in [0.05, 0.1) is 26.2 Å². The Morgan fingerprint density at radius 2 is 1.85 bits per heavy atom. The minimum atomic E-state index is -0.519. The van der Waals surface area contributed by atoms with E-state index in [1.807, 2.05) is 0 Å². The molecule has 0 aliphatic carbocycles. The summed E-state index contributed by atoms with van der Waals surface area (Å²) in [6, 6.07) is 5.29. The van der Waals surface area contributed by atoms with E-state index in [2.05, 4.69) is 14.9 Å². The minimum Gasteiger partial charge on any atom is -0.493 e. The van der Waals surface area contributed by atoms with E-state index in [1.165, 1.54) is 0 Å². The highest BCUT2D eigenvalue weighted by atomic mass is 16.5. The number of piperidine rings is 1. The fraction of sp³-hybridized carbons (Fsp3) is 0.421. The molecule has 7 heteroatoms. The van der Waals surface area contributed by atoms with Crippen molar-refractivity contribution < 1.29 is 19.0 Å². The van der Waals surface area contributed by atoms with E-state index in [9.17, 15) is 4.79 Å². The molecule has 26 heavy (non-hydrogen) atoms. The highest BCUT2D eigenvalue weighted by Crippen LogP contribution is 2.47. The van der Waals surface area contributed by atoms with Crippen LogP contribution in [0.2, 0.25) is 0 Å². The van der Waals surface area contributed by atoms with Crippen LogP contribution in [-0.4, -0.2) is 48.7 Å². The van der Waals surface area contributed by atoms with Gasteiger partial charge in [0.2, 0.25) is 11.7 Å². The molecule has 136 valence electrons. The van der Waals surface area contributed by atoms with Crippen molar-refractivity contribution in [3.63, 3.8) is 0 Å². The number of rotatable bonds is 3. The van der Waals surface area contributed by atoms with Crippen LogP contribution in [0.1, 0.15) is 29.6 Å². The third-order valence-electron chi connectivity index (χ3n) is 5.11. The van der Waals surface area contributed by atoms with Gasteiger partial charge in [-0.15, -0.1) is 0 Å². The third kappa shape index (κ3) is 2.73. The molecule has 0 amide bonds. The summed E-state index contributed by atoms with van der Waals surface area (Å²) < 4.78 is 17.2. The molecule has 4 rings (SSSR count). The fourth-order valence-electron chi connectivity index (χ4n) is 3.71. The molecular formula is C19H21N3O4. The van der Waals surface area contributed by atoms with Crippen molar-refractivity contribution >= 4 is 11.7 Å². The van der Waals surface area contributed by atoms with Gasteiger partial charge in [-0.3, -0.25) is 4.79 Å². The molecule has 0 atom stereocenters. The molecule has 1 fully saturated rings. The van der Waals surface area contributed by atoms with Gasteiger partial charge in [0.1, 0.15) is 5.60 Å². The maximum absolute atomic E-state index is 12.8. The molecule has 1 spiro atoms. The Hall–Kier alpha value is -2.83. The Kier molecular flexibility index (Phi) is 4.14. The van der Waals surface area contributed by atoms with Gasteiger partial charge < -0.3 is 19.1 Å². The Morgan fingerprint density at radius 3 is 2.50 bits per heavy atom. The largest absolute Gasteiger partial charge is 0.493 e. The summed E-state index contributed by atoms with van der Waals surface area (Å²) in [6.07, 6.45) is 5.29. The number of ketones is 1. The molecule has 0 N–H and O–H groups in total. The van der Waals surface area contributed by atoms with Crippen LogP contribution in [0.25, 0.3) is 0 Å². The molecule has 7 nitrogen and oxygen atoms in total. The zero-order valence-corrected chi connectivity index (χ0v) is 14.9. The summed E-state index contributed by atoms with van der Waals surface area (Å²) in [7, 11) is 3.13. The number of ether oxygens (including phenoxy) is 3. The molecule has 0 unspecified atom stereocenters. The zero-order valence-electron chi connectivity index (χ0n) is 14.9. The second kappa shape index (κ2) is 6.48. The highest BCUT2D eigenvalue weighted by Gasteiger charge is 2.44. The average Bonchev–Trinajstić information content (AvgIpc) is 2.68. The Bertz CT molecular complexity index is 817. The molecular weight excluding hydrogens is 334 g/mol. The first-order valence-electron chi connectivity index (χ1n) is 8.65. The lowest BCUT2D eigenvalue weighted by atomic mass is 9.82. The van der Waals surface area contributed by atoms with Crippen LogP contribution in [0.5, 0.6) is 17.2 Å². The van der Waals surface area contributed by atoms with E-state index in [0.717, 1.165) is 25.9 Å². The molecule has 1 aromatic heterocycles. The maximum atomic E-state index is 12.8. The molecule has 2 aliphatic heterocycles. The second-order valence-electron chi connectivity index (χ2n) is 6.60. The van der Waals surface area contributed by atoms with E-state index >= 15 is 0 Å². The number of anilines is 1. The Balaban J connectivity index is 1.60. The van der Waals surface area contributed by atoms with Gasteiger partial charge >= 0.3 is 0 Å². The summed E-state index contributed by atoms with van der Waals surface area (Å²) >= 11 is 0. The van der Waals surface area contributed by atoms with E-state index in [0.29, 0.717) is 35.2 Å². The van der Waals surface area contributed by atoms with Crippen molar-refractivity contribution in [2.24, 2.45) is 0 Å². The number of carbonyl (C=O) groups excluding carboxylic acids is 1. The van der Waals surface area contributed by atoms with Crippen LogP contribution in [0.3, 0.4) is 0 Å². The number of benzene rings is 1. The summed E-state index contributed by atoms with van der Waals surface area (Å²) in [4.78, 5) is 23.5. The van der Waals surface area contributed by atoms with Gasteiger partial charge in [-0.25, -0.2) is 9.97 Å². The first-order chi connectivity index (χ1) is 12.7. The Morgan fingerprint density at radius 1 is 1.12 bits per heavy atom. The lowest BCUT2D eigenvalue weighted by molar-refractivity contribution is 0.0206. The molecule has 0 radical (unpaired) electrons. The van der Waals surface area contributed by atoms with Crippen LogP contribution in [0.4, 0.5) is 5.95 Å². The first-order valence-corrected chi connectivity index (χ1v) is 8.65. The number of carbonyl (C=O) groups is 1. The second-order valence-corrected chi connectivity index (χ2v) is 6.60. The SMILES string of the molecule is COc1ccc2c(c1OC)OC1(CCN(c3ncccn3)CC1)CC2=O. The molecule has 1 aromatic carbocycles. The first kappa shape index (κ1) is 16.6. The maximum Gasteiger partial charge on any atom is 0.225 e. The lowest BCUT2D eigenvalue weighted by Crippen LogP contribution is -2.51. The van der Waals surface area contributed by atoms with Crippen LogP contribution in [0.15, 0.2) is 30.6 Å². The van der Waals surface area contributed by atoms with Crippen molar-refractivity contribution in [3.05, 3.63) is 36.2 Å². The number of fused-ring (bicyclic) bond motifs is 1. The highest BCUT2D eigenvalue weighted by molar-refractivity contribution is 6.01. The molecule has 3 heterocycles. The summed E-state index contributed by atoms with van der Waals surface area (Å²) in [6.45, 7) is 1.47. The van der Waals surface area contributed by atoms with Crippen molar-refractivity contribution in [2.75, 3.05) is 32.2 Å². The topological polar surface area (TPSA) is 73.8 Å². The molecule has 0 saturated carbocycles. The summed E-state index contributed by atoms with van der Waals surface area (Å²) in [5.41, 5.74) is 0.0387. The van der Waals surface area contributed by atoms with Gasteiger partial charge in [-0.1, -0.05) is 0 Å². The quantitative estimate of drug-likeness (QED) is 0.837. The van der Waals surface area contributed by atoms with Gasteiger partial charge in [0.25, 0.3) is 0 Å². The fourth-order valence-corrected chi connectivity index (χ4v) is 3.71. The molecule has 2 aliphatic rings. The number of Topliss-reactive ketones (excluding diaryl/α,β-unsaturated/α-hetero) is 1. The number of methoxy groups -OCH3 is 2. The van der Waals surface area contributed by atoms with Gasteiger partial charge in [-0.05, 0) is 18.2 Å². The molecule has 1 saturated heterocycles. The van der Waals surface area contributed by atoms with Crippen molar-refractivity contribution in [1.29, 1.82) is 0 Å². The van der Waals surface area contributed by atoms with Crippen LogP contribution in [-0.2, 0) is 0 Å². The van der Waals surface area contributed by atoms with E-state index in [-0.39, 0.29) is 5.78 Å². The minimum absolute atomic E-state index is 0.0802. The molecule has 0 bridgehead atoms. The lowest BCUT2D eigenvalue weighted by Gasteiger charge is -2.44. The van der Waals surface area contributed by atoms with Gasteiger partial charge in [0, 0.05) is 38.3 Å². The van der Waals surface area contributed by atoms with Crippen molar-refractivity contribution in [1.82, 2.24) is 9.97 Å². The molecule has 2 aromatic rings. The van der Waals surface area contributed by atoms with Gasteiger partial charge in [0.15, 0.2) is 17.3 Å². The normalized spacial score (nSPS) is 18.2. The number of aromatic nitrogens is 2. The monoisotopic (exact) mass is 355 g/mol. The number of hydrogen-bond acceptors (Lipinski definition) is 7. The van der Waals surface area contributed by atoms with E-state index < -0.39 is 5.60 Å². The summed E-state index contributed by atoms with van der Waals surface area (Å²) in [5, 5.41) is 0. The van der Waals surface area contributed by atoms with Crippen molar-refractivity contribution in [3.8, 4) is 17.2 Å². The van der Waals surface area contributed by atoms with Gasteiger partial charge in [-0.2, -0.15) is 0 Å². The number of nitrogens with zero attached hydrogens (tertiary/aromatic N) is 3. The smallest absolute Gasteiger partial charge is 0.225 e. The zero-order chi connectivity index (χ0) is 18.1. The number of hydrogen-bond donors (Lipinski definition) is 0. The third-order valence-corrected chi connectivity index (χ3v) is 5.11. The van der Waals surface area contributed by atoms with Crippen LogP contribution in [0, 0.1) is 0 Å².